The van der Waals surface area contributed by atoms with Gasteiger partial charge in [-0.15, -0.1) is 0 Å². The van der Waals surface area contributed by atoms with Gasteiger partial charge in [-0.2, -0.15) is 0 Å². The first kappa shape index (κ1) is 13.7. The summed E-state index contributed by atoms with van der Waals surface area (Å²) in [7, 11) is 0. The van der Waals surface area contributed by atoms with Crippen molar-refractivity contribution in [2.45, 2.75) is 13.5 Å². The van der Waals surface area contributed by atoms with Gasteiger partial charge < -0.3 is 5.32 Å². The van der Waals surface area contributed by atoms with Crippen LogP contribution < -0.4 is 5.32 Å². The smallest absolute Gasteiger partial charge is 0.106 e. The molecule has 2 aromatic rings. The molecule has 0 saturated carbocycles. The van der Waals surface area contributed by atoms with Crippen molar-refractivity contribution in [2.24, 2.45) is 0 Å². The maximum absolute atomic E-state index is 6.11. The Balaban J connectivity index is 2.11. The fourth-order valence-corrected chi connectivity index (χ4v) is 2.45. The lowest BCUT2D eigenvalue weighted by Gasteiger charge is -2.10. The Morgan fingerprint density at radius 2 is 2.00 bits per heavy atom. The molecule has 5 heteroatoms. The van der Waals surface area contributed by atoms with E-state index >= 15 is 0 Å². The van der Waals surface area contributed by atoms with Gasteiger partial charge >= 0.3 is 0 Å². The summed E-state index contributed by atoms with van der Waals surface area (Å²) in [6, 6.07) is 9.37. The van der Waals surface area contributed by atoms with Gasteiger partial charge in [0.2, 0.25) is 0 Å². The second kappa shape index (κ2) is 5.91. The quantitative estimate of drug-likeness (QED) is 0.785. The van der Waals surface area contributed by atoms with E-state index in [0.29, 0.717) is 16.6 Å². The van der Waals surface area contributed by atoms with Crippen LogP contribution in [-0.4, -0.2) is 4.98 Å². The van der Waals surface area contributed by atoms with Gasteiger partial charge in [0.15, 0.2) is 0 Å². The fraction of sp³-hybridized carbons (Fsp3) is 0.154. The molecule has 2 nitrogen and oxygen atoms in total. The molecular formula is C13H11BrCl2N2. The maximum Gasteiger partial charge on any atom is 0.106 e. The number of aromatic nitrogens is 1. The van der Waals surface area contributed by atoms with Crippen molar-refractivity contribution in [3.05, 3.63) is 56.2 Å². The zero-order valence-corrected chi connectivity index (χ0v) is 12.8. The van der Waals surface area contributed by atoms with Gasteiger partial charge in [0.25, 0.3) is 0 Å². The highest BCUT2D eigenvalue weighted by Crippen LogP contribution is 2.23. The highest BCUT2D eigenvalue weighted by atomic mass is 79.9. The molecule has 0 aliphatic heterocycles. The second-order valence-corrected chi connectivity index (χ2v) is 5.51. The monoisotopic (exact) mass is 344 g/mol. The number of aryl methyl sites for hydroxylation is 1. The molecule has 1 aromatic carbocycles. The van der Waals surface area contributed by atoms with E-state index in [-0.39, 0.29) is 0 Å². The SMILES string of the molecule is Cc1nc(Br)ccc1NCc1ccc(Cl)cc1Cl. The topological polar surface area (TPSA) is 24.9 Å². The van der Waals surface area contributed by atoms with Crippen molar-refractivity contribution in [1.82, 2.24) is 4.98 Å². The van der Waals surface area contributed by atoms with Gasteiger partial charge in [-0.25, -0.2) is 4.98 Å². The predicted molar refractivity (Wildman–Crippen MR) is 80.5 cm³/mol. The van der Waals surface area contributed by atoms with Crippen LogP contribution in [0.5, 0.6) is 0 Å². The van der Waals surface area contributed by atoms with Crippen LogP contribution >= 0.6 is 39.1 Å². The van der Waals surface area contributed by atoms with Gasteiger partial charge in [0, 0.05) is 16.6 Å². The average molecular weight is 346 g/mol. The first-order valence-corrected chi connectivity index (χ1v) is 6.92. The Morgan fingerprint density at radius 3 is 2.67 bits per heavy atom. The Bertz CT molecular complexity index is 521. The lowest BCUT2D eigenvalue weighted by molar-refractivity contribution is 1.10. The molecule has 0 fully saturated rings. The second-order valence-electron chi connectivity index (χ2n) is 3.86. The Morgan fingerprint density at radius 1 is 1.22 bits per heavy atom. The van der Waals surface area contributed by atoms with E-state index in [1.54, 1.807) is 6.07 Å². The molecule has 0 spiro atoms. The van der Waals surface area contributed by atoms with Crippen LogP contribution in [0.3, 0.4) is 0 Å². The summed E-state index contributed by atoms with van der Waals surface area (Å²) >= 11 is 15.3. The number of hydrogen-bond acceptors (Lipinski definition) is 2. The lowest BCUT2D eigenvalue weighted by atomic mass is 10.2. The zero-order chi connectivity index (χ0) is 13.1. The third-order valence-corrected chi connectivity index (χ3v) is 3.56. The number of anilines is 1. The van der Waals surface area contributed by atoms with E-state index in [2.05, 4.69) is 26.2 Å². The van der Waals surface area contributed by atoms with Gasteiger partial charge in [-0.05, 0) is 52.7 Å². The summed E-state index contributed by atoms with van der Waals surface area (Å²) in [5, 5.41) is 4.61. The van der Waals surface area contributed by atoms with Crippen molar-refractivity contribution in [2.75, 3.05) is 5.32 Å². The van der Waals surface area contributed by atoms with Crippen LogP contribution in [0.2, 0.25) is 10.0 Å². The van der Waals surface area contributed by atoms with Crippen LogP contribution in [0.1, 0.15) is 11.3 Å². The molecule has 0 aliphatic rings. The minimum absolute atomic E-state index is 0.639. The highest BCUT2D eigenvalue weighted by molar-refractivity contribution is 9.10. The standard InChI is InChI=1S/C13H11BrCl2N2/c1-8-12(4-5-13(14)18-8)17-7-9-2-3-10(15)6-11(9)16/h2-6,17H,7H2,1H3. The number of pyridine rings is 1. The summed E-state index contributed by atoms with van der Waals surface area (Å²) in [5.74, 6) is 0. The van der Waals surface area contributed by atoms with Gasteiger partial charge in [0.1, 0.15) is 4.60 Å². The van der Waals surface area contributed by atoms with E-state index in [0.717, 1.165) is 21.5 Å². The van der Waals surface area contributed by atoms with Crippen LogP contribution in [0, 0.1) is 6.92 Å². The van der Waals surface area contributed by atoms with E-state index in [1.807, 2.05) is 31.2 Å². The van der Waals surface area contributed by atoms with Crippen molar-refractivity contribution < 1.29 is 0 Å². The van der Waals surface area contributed by atoms with E-state index < -0.39 is 0 Å². The molecule has 0 saturated heterocycles. The molecule has 18 heavy (non-hydrogen) atoms. The minimum atomic E-state index is 0.639. The zero-order valence-electron chi connectivity index (χ0n) is 9.67. The summed E-state index contributed by atoms with van der Waals surface area (Å²) in [6.07, 6.45) is 0. The molecule has 1 heterocycles. The minimum Gasteiger partial charge on any atom is -0.379 e. The summed E-state index contributed by atoms with van der Waals surface area (Å²) in [5.41, 5.74) is 2.93. The summed E-state index contributed by atoms with van der Waals surface area (Å²) in [4.78, 5) is 4.32. The molecule has 0 atom stereocenters. The Labute approximate surface area is 124 Å². The van der Waals surface area contributed by atoms with E-state index in [4.69, 9.17) is 23.2 Å². The van der Waals surface area contributed by atoms with Gasteiger partial charge in [-0.3, -0.25) is 0 Å². The molecule has 1 aromatic heterocycles. The Kier molecular flexibility index (Phi) is 4.49. The fourth-order valence-electron chi connectivity index (χ4n) is 1.57. The first-order chi connectivity index (χ1) is 8.56. The molecule has 0 unspecified atom stereocenters. The molecule has 0 amide bonds. The van der Waals surface area contributed by atoms with E-state index in [1.165, 1.54) is 0 Å². The number of benzene rings is 1. The number of halogens is 3. The molecule has 94 valence electrons. The van der Waals surface area contributed by atoms with Crippen LogP contribution in [0.4, 0.5) is 5.69 Å². The maximum atomic E-state index is 6.11. The van der Waals surface area contributed by atoms with Gasteiger partial charge in [0.05, 0.1) is 11.4 Å². The number of nitrogens with zero attached hydrogens (tertiary/aromatic N) is 1. The molecule has 1 N–H and O–H groups in total. The molecule has 2 rings (SSSR count). The van der Waals surface area contributed by atoms with Crippen LogP contribution in [0.15, 0.2) is 34.9 Å². The number of rotatable bonds is 3. The average Bonchev–Trinajstić information content (AvgIpc) is 2.30. The van der Waals surface area contributed by atoms with Crippen molar-refractivity contribution in [3.63, 3.8) is 0 Å². The number of hydrogen-bond donors (Lipinski definition) is 1. The van der Waals surface area contributed by atoms with Gasteiger partial charge in [-0.1, -0.05) is 29.3 Å². The van der Waals surface area contributed by atoms with Crippen LogP contribution in [-0.2, 0) is 6.54 Å². The Hall–Kier alpha value is -0.770. The molecule has 0 aliphatic carbocycles. The van der Waals surface area contributed by atoms with Crippen molar-refractivity contribution in [3.8, 4) is 0 Å². The predicted octanol–water partition coefficient (Wildman–Crippen LogP) is 5.07. The largest absolute Gasteiger partial charge is 0.379 e. The third kappa shape index (κ3) is 3.37. The highest BCUT2D eigenvalue weighted by Gasteiger charge is 2.03. The first-order valence-electron chi connectivity index (χ1n) is 5.37. The van der Waals surface area contributed by atoms with Crippen LogP contribution in [0.25, 0.3) is 0 Å². The normalized spacial score (nSPS) is 10.4. The summed E-state index contributed by atoms with van der Waals surface area (Å²) < 4.78 is 0.829. The third-order valence-electron chi connectivity index (χ3n) is 2.54. The number of nitrogens with one attached hydrogen (secondary N) is 1. The van der Waals surface area contributed by atoms with Crippen molar-refractivity contribution in [1.29, 1.82) is 0 Å². The van der Waals surface area contributed by atoms with Crippen molar-refractivity contribution >= 4 is 44.8 Å². The van der Waals surface area contributed by atoms with E-state index in [9.17, 15) is 0 Å². The lowest BCUT2D eigenvalue weighted by Crippen LogP contribution is -2.02. The molecule has 0 bridgehead atoms. The summed E-state index contributed by atoms with van der Waals surface area (Å²) in [6.45, 7) is 2.59. The molecular weight excluding hydrogens is 335 g/mol. The molecule has 0 radical (unpaired) electrons.